The molecule has 1 saturated carbocycles. The van der Waals surface area contributed by atoms with E-state index in [1.807, 2.05) is 0 Å². The second kappa shape index (κ2) is 8.28. The quantitative estimate of drug-likeness (QED) is 0.621. The third kappa shape index (κ3) is 4.70. The average Bonchev–Trinajstić information content (AvgIpc) is 3.44. The fourth-order valence-corrected chi connectivity index (χ4v) is 3.59. The topological polar surface area (TPSA) is 41.9 Å². The Morgan fingerprint density at radius 1 is 1.14 bits per heavy atom. The molecule has 4 nitrogen and oxygen atoms in total. The maximum Gasteiger partial charge on any atom is 0.226 e. The van der Waals surface area contributed by atoms with Crippen LogP contribution in [0.15, 0.2) is 41.6 Å². The summed E-state index contributed by atoms with van der Waals surface area (Å²) in [5, 5.41) is 5.00. The number of amides is 1. The van der Waals surface area contributed by atoms with Gasteiger partial charge >= 0.3 is 0 Å². The van der Waals surface area contributed by atoms with E-state index in [-0.39, 0.29) is 36.6 Å². The maximum atomic E-state index is 14.1. The standard InChI is InChI=1S/C21H18Cl2F2N2O2/c22-17-6-4-13(7-18(17)23)20-9-16(29-26-20)11-27(21(28)12-1-2-12)10-14-3-5-15(24)8-19(14)25/h3-8,12,16H,1-2,9-11H2/t16-/m1/s1. The lowest BCUT2D eigenvalue weighted by atomic mass is 10.0. The van der Waals surface area contributed by atoms with Crippen LogP contribution in [0, 0.1) is 17.6 Å². The molecule has 1 fully saturated rings. The molecule has 1 aliphatic heterocycles. The summed E-state index contributed by atoms with van der Waals surface area (Å²) in [5.41, 5.74) is 1.77. The minimum atomic E-state index is -0.668. The summed E-state index contributed by atoms with van der Waals surface area (Å²) in [6.07, 6.45) is 1.79. The number of halogens is 4. The van der Waals surface area contributed by atoms with Crippen LogP contribution < -0.4 is 0 Å². The zero-order valence-corrected chi connectivity index (χ0v) is 16.9. The van der Waals surface area contributed by atoms with Gasteiger partial charge in [0.25, 0.3) is 0 Å². The van der Waals surface area contributed by atoms with Gasteiger partial charge in [-0.15, -0.1) is 0 Å². The molecule has 1 atom stereocenters. The van der Waals surface area contributed by atoms with Gasteiger partial charge in [0.05, 0.1) is 22.3 Å². The first kappa shape index (κ1) is 20.1. The molecule has 0 radical (unpaired) electrons. The highest BCUT2D eigenvalue weighted by atomic mass is 35.5. The van der Waals surface area contributed by atoms with Crippen molar-refractivity contribution in [1.82, 2.24) is 4.90 Å². The summed E-state index contributed by atoms with van der Waals surface area (Å²) in [6.45, 7) is 0.323. The first-order valence-corrected chi connectivity index (χ1v) is 10.1. The van der Waals surface area contributed by atoms with Crippen molar-refractivity contribution in [3.05, 3.63) is 69.2 Å². The molecular weight excluding hydrogens is 421 g/mol. The van der Waals surface area contributed by atoms with Crippen molar-refractivity contribution in [1.29, 1.82) is 0 Å². The van der Waals surface area contributed by atoms with Gasteiger partial charge in [0.2, 0.25) is 5.91 Å². The van der Waals surface area contributed by atoms with Crippen LogP contribution in [0.5, 0.6) is 0 Å². The van der Waals surface area contributed by atoms with Crippen molar-refractivity contribution in [3.8, 4) is 0 Å². The van der Waals surface area contributed by atoms with Crippen molar-refractivity contribution in [2.24, 2.45) is 11.1 Å². The molecule has 29 heavy (non-hydrogen) atoms. The summed E-state index contributed by atoms with van der Waals surface area (Å²) < 4.78 is 27.3. The first-order valence-electron chi connectivity index (χ1n) is 9.31. The van der Waals surface area contributed by atoms with Gasteiger partial charge in [0, 0.05) is 36.1 Å². The Morgan fingerprint density at radius 3 is 2.62 bits per heavy atom. The van der Waals surface area contributed by atoms with Crippen molar-refractivity contribution < 1.29 is 18.4 Å². The van der Waals surface area contributed by atoms with E-state index in [2.05, 4.69) is 5.16 Å². The molecule has 0 unspecified atom stereocenters. The molecule has 1 aliphatic carbocycles. The molecule has 0 saturated heterocycles. The Kier molecular flexibility index (Phi) is 5.74. The maximum absolute atomic E-state index is 14.1. The zero-order chi connectivity index (χ0) is 20.5. The van der Waals surface area contributed by atoms with E-state index < -0.39 is 11.6 Å². The molecule has 0 aromatic heterocycles. The predicted octanol–water partition coefficient (Wildman–Crippen LogP) is 5.20. The Balaban J connectivity index is 1.45. The minimum Gasteiger partial charge on any atom is -0.390 e. The fraction of sp³-hybridized carbons (Fsp3) is 0.333. The van der Waals surface area contributed by atoms with Gasteiger partial charge in [0.1, 0.15) is 11.6 Å². The molecule has 2 aromatic carbocycles. The second-order valence-corrected chi connectivity index (χ2v) is 8.14. The highest BCUT2D eigenvalue weighted by molar-refractivity contribution is 6.42. The second-order valence-electron chi connectivity index (χ2n) is 7.33. The lowest BCUT2D eigenvalue weighted by molar-refractivity contribution is -0.135. The van der Waals surface area contributed by atoms with Crippen LogP contribution in [0.4, 0.5) is 8.78 Å². The molecule has 0 bridgehead atoms. The molecule has 1 amide bonds. The van der Waals surface area contributed by atoms with E-state index in [1.165, 1.54) is 12.1 Å². The fourth-order valence-electron chi connectivity index (χ4n) is 3.29. The van der Waals surface area contributed by atoms with Gasteiger partial charge in [-0.05, 0) is 31.0 Å². The predicted molar refractivity (Wildman–Crippen MR) is 107 cm³/mol. The number of nitrogens with zero attached hydrogens (tertiary/aromatic N) is 2. The smallest absolute Gasteiger partial charge is 0.226 e. The van der Waals surface area contributed by atoms with Crippen LogP contribution in [-0.4, -0.2) is 29.2 Å². The number of oxime groups is 1. The van der Waals surface area contributed by atoms with E-state index >= 15 is 0 Å². The van der Waals surface area contributed by atoms with Crippen molar-refractivity contribution in [2.45, 2.75) is 31.9 Å². The van der Waals surface area contributed by atoms with Crippen LogP contribution in [0.1, 0.15) is 30.4 Å². The molecule has 152 valence electrons. The number of hydrogen-bond acceptors (Lipinski definition) is 3. The molecule has 0 N–H and O–H groups in total. The number of rotatable bonds is 6. The lowest BCUT2D eigenvalue weighted by Crippen LogP contribution is -2.38. The summed E-state index contributed by atoms with van der Waals surface area (Å²) in [4.78, 5) is 19.8. The molecule has 8 heteroatoms. The monoisotopic (exact) mass is 438 g/mol. The Hall–Kier alpha value is -2.18. The lowest BCUT2D eigenvalue weighted by Gasteiger charge is -2.25. The van der Waals surface area contributed by atoms with Gasteiger partial charge in [-0.3, -0.25) is 4.79 Å². The molecular formula is C21H18Cl2F2N2O2. The molecule has 1 heterocycles. The van der Waals surface area contributed by atoms with Gasteiger partial charge in [-0.25, -0.2) is 8.78 Å². The summed E-state index contributed by atoms with van der Waals surface area (Å²) in [7, 11) is 0. The highest BCUT2D eigenvalue weighted by Gasteiger charge is 2.36. The molecule has 2 aromatic rings. The Morgan fingerprint density at radius 2 is 1.93 bits per heavy atom. The van der Waals surface area contributed by atoms with Gasteiger partial charge in [0.15, 0.2) is 6.10 Å². The van der Waals surface area contributed by atoms with Crippen LogP contribution in [0.25, 0.3) is 0 Å². The van der Waals surface area contributed by atoms with Crippen molar-refractivity contribution >= 4 is 34.8 Å². The van der Waals surface area contributed by atoms with Crippen molar-refractivity contribution in [2.75, 3.05) is 6.54 Å². The minimum absolute atomic E-state index is 0.0321. The number of benzene rings is 2. The van der Waals surface area contributed by atoms with E-state index in [0.29, 0.717) is 22.2 Å². The van der Waals surface area contributed by atoms with Crippen LogP contribution >= 0.6 is 23.2 Å². The van der Waals surface area contributed by atoms with E-state index in [1.54, 1.807) is 23.1 Å². The molecule has 0 spiro atoms. The number of hydrogen-bond donors (Lipinski definition) is 0. The van der Waals surface area contributed by atoms with Crippen LogP contribution in [0.3, 0.4) is 0 Å². The van der Waals surface area contributed by atoms with Gasteiger partial charge < -0.3 is 9.74 Å². The van der Waals surface area contributed by atoms with E-state index in [0.717, 1.165) is 24.5 Å². The molecule has 2 aliphatic rings. The first-order chi connectivity index (χ1) is 13.9. The number of carbonyl (C=O) groups is 1. The summed E-state index contributed by atoms with van der Waals surface area (Å²) >= 11 is 12.0. The summed E-state index contributed by atoms with van der Waals surface area (Å²) in [5.74, 6) is -1.39. The largest absolute Gasteiger partial charge is 0.390 e. The van der Waals surface area contributed by atoms with Gasteiger partial charge in [-0.2, -0.15) is 0 Å². The van der Waals surface area contributed by atoms with E-state index in [9.17, 15) is 13.6 Å². The highest BCUT2D eigenvalue weighted by Crippen LogP contribution is 2.32. The summed E-state index contributed by atoms with van der Waals surface area (Å²) in [6, 6.07) is 8.60. The van der Waals surface area contributed by atoms with Crippen LogP contribution in [-0.2, 0) is 16.2 Å². The third-order valence-corrected chi connectivity index (χ3v) is 5.76. The third-order valence-electron chi connectivity index (χ3n) is 5.02. The Labute approximate surface area is 177 Å². The number of carbonyl (C=O) groups excluding carboxylic acids is 1. The Bertz CT molecular complexity index is 979. The van der Waals surface area contributed by atoms with Crippen molar-refractivity contribution in [3.63, 3.8) is 0 Å². The molecule has 4 rings (SSSR count). The average molecular weight is 439 g/mol. The zero-order valence-electron chi connectivity index (χ0n) is 15.4. The SMILES string of the molecule is O=C(C1CC1)N(Cc1ccc(F)cc1F)C[C@H]1CC(c2ccc(Cl)c(Cl)c2)=NO1. The van der Waals surface area contributed by atoms with Crippen LogP contribution in [0.2, 0.25) is 10.0 Å². The van der Waals surface area contributed by atoms with Gasteiger partial charge in [-0.1, -0.05) is 40.5 Å². The normalized spacial score (nSPS) is 18.3. The van der Waals surface area contributed by atoms with E-state index in [4.69, 9.17) is 28.0 Å².